The van der Waals surface area contributed by atoms with E-state index in [2.05, 4.69) is 30.3 Å². The van der Waals surface area contributed by atoms with Gasteiger partial charge in [-0.15, -0.1) is 0 Å². The van der Waals surface area contributed by atoms with E-state index in [4.69, 9.17) is 9.47 Å². The molecule has 2 atom stereocenters. The van der Waals surface area contributed by atoms with Crippen LogP contribution in [0.5, 0.6) is 0 Å². The number of amides is 1. The normalized spacial score (nSPS) is 24.5. The van der Waals surface area contributed by atoms with Crippen LogP contribution in [0.4, 0.5) is 4.79 Å². The number of benzene rings is 3. The summed E-state index contributed by atoms with van der Waals surface area (Å²) in [5.74, 6) is -0.00959. The predicted octanol–water partition coefficient (Wildman–Crippen LogP) is 4.87. The maximum atomic E-state index is 13.4. The molecule has 0 saturated carbocycles. The van der Waals surface area contributed by atoms with Gasteiger partial charge in [0.15, 0.2) is 0 Å². The zero-order valence-electron chi connectivity index (χ0n) is 20.2. The number of morpholine rings is 1. The third-order valence-corrected chi connectivity index (χ3v) is 7.90. The minimum Gasteiger partial charge on any atom is -0.448 e. The van der Waals surface area contributed by atoms with E-state index in [1.165, 1.54) is 22.3 Å². The Morgan fingerprint density at radius 1 is 1.06 bits per heavy atom. The van der Waals surface area contributed by atoms with Crippen LogP contribution in [0.25, 0.3) is 11.1 Å². The van der Waals surface area contributed by atoms with Gasteiger partial charge in [0.25, 0.3) is 0 Å². The summed E-state index contributed by atoms with van der Waals surface area (Å²) in [5.41, 5.74) is 5.61. The SMILES string of the molecule is Cc1ccc(C#N)c(C2(O)CC3COCC(C2)N3C(=O)OCC2c3ccccc3-c3ccccc32)c1. The fraction of sp³-hybridized carbons (Fsp3) is 0.333. The number of nitriles is 1. The number of aliphatic hydroxyl groups is 1. The molecule has 0 spiro atoms. The number of aryl methyl sites for hydroxylation is 1. The predicted molar refractivity (Wildman–Crippen MR) is 134 cm³/mol. The van der Waals surface area contributed by atoms with Gasteiger partial charge in [-0.25, -0.2) is 4.79 Å². The van der Waals surface area contributed by atoms with Crippen molar-refractivity contribution < 1.29 is 19.4 Å². The molecule has 0 radical (unpaired) electrons. The second-order valence-electron chi connectivity index (χ2n) is 10.2. The lowest BCUT2D eigenvalue weighted by atomic mass is 9.75. The Bertz CT molecular complexity index is 1320. The van der Waals surface area contributed by atoms with Crippen LogP contribution in [-0.4, -0.2) is 48.0 Å². The number of carbonyl (C=O) groups is 1. The van der Waals surface area contributed by atoms with Crippen molar-refractivity contribution in [1.29, 1.82) is 5.26 Å². The molecule has 1 aliphatic carbocycles. The first-order valence-electron chi connectivity index (χ1n) is 12.4. The summed E-state index contributed by atoms with van der Waals surface area (Å²) in [7, 11) is 0. The first kappa shape index (κ1) is 22.8. The van der Waals surface area contributed by atoms with Gasteiger partial charge in [-0.1, -0.05) is 66.2 Å². The highest BCUT2D eigenvalue weighted by atomic mass is 16.6. The van der Waals surface area contributed by atoms with Gasteiger partial charge in [0.1, 0.15) is 6.61 Å². The van der Waals surface area contributed by atoms with Crippen molar-refractivity contribution in [3.8, 4) is 17.2 Å². The molecule has 6 nitrogen and oxygen atoms in total. The highest BCUT2D eigenvalue weighted by Crippen LogP contribution is 2.45. The van der Waals surface area contributed by atoms with Gasteiger partial charge in [-0.2, -0.15) is 5.26 Å². The summed E-state index contributed by atoms with van der Waals surface area (Å²) in [5, 5.41) is 21.4. The highest BCUT2D eigenvalue weighted by molar-refractivity contribution is 5.79. The molecular weight excluding hydrogens is 452 g/mol. The average molecular weight is 481 g/mol. The Hall–Kier alpha value is -3.66. The molecule has 36 heavy (non-hydrogen) atoms. The van der Waals surface area contributed by atoms with Crippen molar-refractivity contribution in [3.63, 3.8) is 0 Å². The number of fused-ring (bicyclic) bond motifs is 5. The van der Waals surface area contributed by atoms with Crippen LogP contribution in [0.2, 0.25) is 0 Å². The van der Waals surface area contributed by atoms with E-state index in [1.807, 2.05) is 43.3 Å². The summed E-state index contributed by atoms with van der Waals surface area (Å²) >= 11 is 0. The molecule has 182 valence electrons. The number of ether oxygens (including phenoxy) is 2. The van der Waals surface area contributed by atoms with Gasteiger partial charge < -0.3 is 14.6 Å². The quantitative estimate of drug-likeness (QED) is 0.579. The molecule has 1 amide bonds. The molecule has 0 aromatic heterocycles. The smallest absolute Gasteiger partial charge is 0.410 e. The second kappa shape index (κ2) is 8.77. The molecule has 6 heteroatoms. The van der Waals surface area contributed by atoms with E-state index in [1.54, 1.807) is 11.0 Å². The van der Waals surface area contributed by atoms with E-state index >= 15 is 0 Å². The minimum atomic E-state index is -1.20. The molecule has 2 aliphatic heterocycles. The zero-order chi connectivity index (χ0) is 24.9. The van der Waals surface area contributed by atoms with Crippen LogP contribution in [0, 0.1) is 18.3 Å². The number of hydrogen-bond acceptors (Lipinski definition) is 5. The molecule has 2 heterocycles. The number of nitrogens with zero attached hydrogens (tertiary/aromatic N) is 2. The second-order valence-corrected chi connectivity index (χ2v) is 10.2. The fourth-order valence-electron chi connectivity index (χ4n) is 6.30. The van der Waals surface area contributed by atoms with Crippen molar-refractivity contribution >= 4 is 6.09 Å². The Labute approximate surface area is 210 Å². The Morgan fingerprint density at radius 3 is 2.28 bits per heavy atom. The van der Waals surface area contributed by atoms with Crippen LogP contribution in [-0.2, 0) is 15.1 Å². The van der Waals surface area contributed by atoms with Gasteiger partial charge in [-0.05, 0) is 35.2 Å². The van der Waals surface area contributed by atoms with Gasteiger partial charge in [0.05, 0.1) is 42.5 Å². The minimum absolute atomic E-state index is 0.00959. The number of carbonyl (C=O) groups excluding carboxylic acids is 1. The Balaban J connectivity index is 1.22. The molecule has 3 aromatic carbocycles. The third-order valence-electron chi connectivity index (χ3n) is 7.90. The first-order valence-corrected chi connectivity index (χ1v) is 12.4. The molecule has 2 bridgehead atoms. The Morgan fingerprint density at radius 2 is 1.67 bits per heavy atom. The summed E-state index contributed by atoms with van der Waals surface area (Å²) in [6.07, 6.45) is 0.222. The van der Waals surface area contributed by atoms with Crippen molar-refractivity contribution in [2.24, 2.45) is 0 Å². The van der Waals surface area contributed by atoms with E-state index in [-0.39, 0.29) is 30.7 Å². The maximum Gasteiger partial charge on any atom is 0.410 e. The van der Waals surface area contributed by atoms with Crippen LogP contribution in [0.1, 0.15) is 46.6 Å². The van der Waals surface area contributed by atoms with E-state index < -0.39 is 5.60 Å². The average Bonchev–Trinajstić information content (AvgIpc) is 3.20. The number of piperidine rings is 1. The summed E-state index contributed by atoms with van der Waals surface area (Å²) in [6, 6.07) is 23.6. The zero-order valence-corrected chi connectivity index (χ0v) is 20.2. The molecule has 3 aliphatic rings. The van der Waals surface area contributed by atoms with Crippen molar-refractivity contribution in [2.45, 2.75) is 43.4 Å². The molecular formula is C30H28N2O4. The lowest BCUT2D eigenvalue weighted by Crippen LogP contribution is -2.62. The molecule has 6 rings (SSSR count). The molecule has 2 unspecified atom stereocenters. The first-order chi connectivity index (χ1) is 17.5. The molecule has 2 saturated heterocycles. The van der Waals surface area contributed by atoms with Gasteiger partial charge in [-0.3, -0.25) is 4.90 Å². The van der Waals surface area contributed by atoms with Crippen LogP contribution in [0.3, 0.4) is 0 Å². The van der Waals surface area contributed by atoms with Crippen molar-refractivity contribution in [2.75, 3.05) is 19.8 Å². The monoisotopic (exact) mass is 480 g/mol. The van der Waals surface area contributed by atoms with E-state index in [0.717, 1.165) is 5.56 Å². The third kappa shape index (κ3) is 3.67. The highest BCUT2D eigenvalue weighted by Gasteiger charge is 2.50. The van der Waals surface area contributed by atoms with Crippen LogP contribution < -0.4 is 0 Å². The van der Waals surface area contributed by atoms with Crippen molar-refractivity contribution in [1.82, 2.24) is 4.90 Å². The van der Waals surface area contributed by atoms with E-state index in [0.29, 0.717) is 37.2 Å². The van der Waals surface area contributed by atoms with Gasteiger partial charge in [0, 0.05) is 24.3 Å². The summed E-state index contributed by atoms with van der Waals surface area (Å²) in [4.78, 5) is 15.2. The van der Waals surface area contributed by atoms with Gasteiger partial charge in [0.2, 0.25) is 0 Å². The molecule has 3 aromatic rings. The van der Waals surface area contributed by atoms with Crippen molar-refractivity contribution in [3.05, 3.63) is 94.5 Å². The lowest BCUT2D eigenvalue weighted by Gasteiger charge is -2.51. The van der Waals surface area contributed by atoms with Crippen LogP contribution in [0.15, 0.2) is 66.7 Å². The molecule has 1 N–H and O–H groups in total. The fourth-order valence-corrected chi connectivity index (χ4v) is 6.30. The van der Waals surface area contributed by atoms with E-state index in [9.17, 15) is 15.2 Å². The van der Waals surface area contributed by atoms with Crippen LogP contribution >= 0.6 is 0 Å². The lowest BCUT2D eigenvalue weighted by molar-refractivity contribution is -0.136. The topological polar surface area (TPSA) is 82.8 Å². The van der Waals surface area contributed by atoms with Gasteiger partial charge >= 0.3 is 6.09 Å². The number of rotatable bonds is 3. The standard InChI is InChI=1S/C30H28N2O4/c1-19-10-11-20(15-31)28(12-19)30(34)13-21-16-35-17-22(14-30)32(21)29(33)36-18-27-25-8-4-2-6-23(25)24-7-3-5-9-26(24)27/h2-12,21-22,27,34H,13-14,16-18H2,1H3. The number of hydrogen-bond donors (Lipinski definition) is 1. The summed E-state index contributed by atoms with van der Waals surface area (Å²) in [6.45, 7) is 2.86. The summed E-state index contributed by atoms with van der Waals surface area (Å²) < 4.78 is 11.7. The molecule has 2 fully saturated rings. The Kier molecular flexibility index (Phi) is 5.55. The largest absolute Gasteiger partial charge is 0.448 e. The maximum absolute atomic E-state index is 13.4.